The molecule has 0 saturated heterocycles. The van der Waals surface area contributed by atoms with Crippen molar-refractivity contribution in [2.45, 2.75) is 43.5 Å². The van der Waals surface area contributed by atoms with Gasteiger partial charge in [-0.15, -0.1) is 0 Å². The first-order valence-electron chi connectivity index (χ1n) is 12.3. The number of nitrogens with one attached hydrogen (secondary N) is 1. The zero-order valence-electron chi connectivity index (χ0n) is 20.9. The molecule has 0 spiro atoms. The van der Waals surface area contributed by atoms with Crippen LogP contribution in [0.25, 0.3) is 5.57 Å². The normalized spacial score (nSPS) is 15.4. The minimum atomic E-state index is -3.81. The first-order valence-corrected chi connectivity index (χ1v) is 13.8. The fourth-order valence-corrected chi connectivity index (χ4v) is 5.82. The molecule has 186 valence electrons. The van der Waals surface area contributed by atoms with Crippen LogP contribution in [0.3, 0.4) is 0 Å². The minimum absolute atomic E-state index is 0.246. The smallest absolute Gasteiger partial charge is 0.241 e. The zero-order valence-corrected chi connectivity index (χ0v) is 21.7. The van der Waals surface area contributed by atoms with E-state index in [-0.39, 0.29) is 4.90 Å². The van der Waals surface area contributed by atoms with Crippen LogP contribution in [-0.4, -0.2) is 15.5 Å². The summed E-state index contributed by atoms with van der Waals surface area (Å²) in [5, 5.41) is 0. The van der Waals surface area contributed by atoms with E-state index in [1.807, 2.05) is 79.7 Å². The van der Waals surface area contributed by atoms with Gasteiger partial charge in [-0.3, -0.25) is 0 Å². The molecule has 4 nitrogen and oxygen atoms in total. The molecule has 36 heavy (non-hydrogen) atoms. The van der Waals surface area contributed by atoms with Crippen molar-refractivity contribution in [3.05, 3.63) is 125 Å². The highest BCUT2D eigenvalue weighted by Gasteiger charge is 2.29. The molecule has 4 rings (SSSR count). The molecular weight excluding hydrogens is 466 g/mol. The molecule has 1 N–H and O–H groups in total. The second-order valence-corrected chi connectivity index (χ2v) is 10.7. The van der Waals surface area contributed by atoms with Crippen molar-refractivity contribution in [3.63, 3.8) is 0 Å². The molecule has 1 atom stereocenters. The number of aryl methyl sites for hydroxylation is 1. The van der Waals surface area contributed by atoms with Crippen LogP contribution in [0.5, 0.6) is 5.75 Å². The fraction of sp³-hybridized carbons (Fsp3) is 0.226. The van der Waals surface area contributed by atoms with E-state index in [2.05, 4.69) is 17.4 Å². The average Bonchev–Trinajstić information content (AvgIpc) is 2.92. The standard InChI is InChI=1S/C31H33NO3S/c1-4-29(24-17-19-27(35-3)20-18-24)30(25-11-7-5-8-12-25)31(26-13-9-6-10-14-26)32-36(33,34)28-21-15-23(2)16-22-28/h4,6,9-11,13-22,31-32H,1,5,7-8,12H2,2-3H3/b30-29-/t31-/m1/s1. The summed E-state index contributed by atoms with van der Waals surface area (Å²) in [6, 6.07) is 24.0. The molecule has 3 aromatic carbocycles. The lowest BCUT2D eigenvalue weighted by atomic mass is 9.82. The molecule has 5 heteroatoms. The van der Waals surface area contributed by atoms with E-state index < -0.39 is 16.1 Å². The largest absolute Gasteiger partial charge is 0.497 e. The predicted octanol–water partition coefficient (Wildman–Crippen LogP) is 7.16. The van der Waals surface area contributed by atoms with E-state index in [4.69, 9.17) is 4.74 Å². The van der Waals surface area contributed by atoms with Gasteiger partial charge in [0, 0.05) is 0 Å². The van der Waals surface area contributed by atoms with Crippen molar-refractivity contribution in [2.24, 2.45) is 0 Å². The molecule has 1 aliphatic rings. The number of allylic oxidation sites excluding steroid dienone is 3. The summed E-state index contributed by atoms with van der Waals surface area (Å²) in [7, 11) is -2.17. The molecule has 0 heterocycles. The number of rotatable bonds is 9. The number of hydrogen-bond acceptors (Lipinski definition) is 3. The SMILES string of the molecule is C=C/C(=C(\C1=CCCCC1)[C@H](NS(=O)(=O)c1ccc(C)cc1)c1ccccc1)c1ccc(OC)cc1. The van der Waals surface area contributed by atoms with E-state index in [0.29, 0.717) is 0 Å². The van der Waals surface area contributed by atoms with Gasteiger partial charge in [-0.25, -0.2) is 8.42 Å². The number of ether oxygens (including phenoxy) is 1. The van der Waals surface area contributed by atoms with Crippen molar-refractivity contribution < 1.29 is 13.2 Å². The summed E-state index contributed by atoms with van der Waals surface area (Å²) >= 11 is 0. The number of sulfonamides is 1. The Bertz CT molecular complexity index is 1350. The van der Waals surface area contributed by atoms with Crippen LogP contribution < -0.4 is 9.46 Å². The molecule has 0 bridgehead atoms. The minimum Gasteiger partial charge on any atom is -0.497 e. The monoisotopic (exact) mass is 499 g/mol. The summed E-state index contributed by atoms with van der Waals surface area (Å²) in [6.45, 7) is 6.09. The Labute approximate surface area is 215 Å². The molecule has 0 aliphatic heterocycles. The van der Waals surface area contributed by atoms with E-state index in [0.717, 1.165) is 64.8 Å². The molecule has 1 aliphatic carbocycles. The summed E-state index contributed by atoms with van der Waals surface area (Å²) in [5.74, 6) is 0.764. The van der Waals surface area contributed by atoms with Gasteiger partial charge in [-0.2, -0.15) is 4.72 Å². The zero-order chi connectivity index (χ0) is 25.5. The van der Waals surface area contributed by atoms with Crippen molar-refractivity contribution in [3.8, 4) is 5.75 Å². The van der Waals surface area contributed by atoms with Gasteiger partial charge >= 0.3 is 0 Å². The van der Waals surface area contributed by atoms with Crippen LogP contribution in [0, 0.1) is 6.92 Å². The van der Waals surface area contributed by atoms with Crippen molar-refractivity contribution in [1.82, 2.24) is 4.72 Å². The molecule has 0 aromatic heterocycles. The summed E-state index contributed by atoms with van der Waals surface area (Å²) < 4.78 is 35.7. The van der Waals surface area contributed by atoms with Gasteiger partial charge in [0.2, 0.25) is 10.0 Å². The van der Waals surface area contributed by atoms with Crippen molar-refractivity contribution in [1.29, 1.82) is 0 Å². The number of hydrogen-bond donors (Lipinski definition) is 1. The highest BCUT2D eigenvalue weighted by molar-refractivity contribution is 7.89. The maximum absolute atomic E-state index is 13.6. The number of methoxy groups -OCH3 is 1. The van der Waals surface area contributed by atoms with Crippen LogP contribution in [-0.2, 0) is 10.0 Å². The van der Waals surface area contributed by atoms with Crippen molar-refractivity contribution in [2.75, 3.05) is 7.11 Å². The van der Waals surface area contributed by atoms with Crippen LogP contribution in [0.2, 0.25) is 0 Å². The van der Waals surface area contributed by atoms with Crippen molar-refractivity contribution >= 4 is 15.6 Å². The van der Waals surface area contributed by atoms with Crippen LogP contribution in [0.1, 0.15) is 48.4 Å². The van der Waals surface area contributed by atoms with E-state index in [1.54, 1.807) is 19.2 Å². The van der Waals surface area contributed by atoms with Gasteiger partial charge in [0.05, 0.1) is 18.0 Å². The van der Waals surface area contributed by atoms with Crippen LogP contribution in [0.15, 0.2) is 114 Å². The van der Waals surface area contributed by atoms with E-state index in [9.17, 15) is 8.42 Å². The summed E-state index contributed by atoms with van der Waals surface area (Å²) in [4.78, 5) is 0.246. The Kier molecular flexibility index (Phi) is 8.24. The topological polar surface area (TPSA) is 55.4 Å². The van der Waals surface area contributed by atoms with Crippen LogP contribution >= 0.6 is 0 Å². The molecule has 0 fully saturated rings. The quantitative estimate of drug-likeness (QED) is 0.318. The first kappa shape index (κ1) is 25.7. The lowest BCUT2D eigenvalue weighted by Gasteiger charge is -2.28. The third-order valence-corrected chi connectivity index (χ3v) is 8.00. The molecule has 0 saturated carbocycles. The fourth-order valence-electron chi connectivity index (χ4n) is 4.63. The maximum Gasteiger partial charge on any atom is 0.241 e. The van der Waals surface area contributed by atoms with Gasteiger partial charge in [0.15, 0.2) is 0 Å². The van der Waals surface area contributed by atoms with Gasteiger partial charge in [0.25, 0.3) is 0 Å². The third kappa shape index (κ3) is 5.86. The van der Waals surface area contributed by atoms with E-state index >= 15 is 0 Å². The second-order valence-electron chi connectivity index (χ2n) is 9.01. The highest BCUT2D eigenvalue weighted by atomic mass is 32.2. The number of benzene rings is 3. The summed E-state index contributed by atoms with van der Waals surface area (Å²) in [5.41, 5.74) is 5.86. The Morgan fingerprint density at radius 3 is 2.25 bits per heavy atom. The van der Waals surface area contributed by atoms with Crippen LogP contribution in [0.4, 0.5) is 0 Å². The molecule has 3 aromatic rings. The lowest BCUT2D eigenvalue weighted by Crippen LogP contribution is -2.31. The maximum atomic E-state index is 13.6. The molecule has 0 radical (unpaired) electrons. The summed E-state index contributed by atoms with van der Waals surface area (Å²) in [6.07, 6.45) is 8.14. The lowest BCUT2D eigenvalue weighted by molar-refractivity contribution is 0.415. The average molecular weight is 500 g/mol. The Morgan fingerprint density at radius 2 is 1.67 bits per heavy atom. The predicted molar refractivity (Wildman–Crippen MR) is 147 cm³/mol. The van der Waals surface area contributed by atoms with Gasteiger partial charge in [-0.1, -0.05) is 78.9 Å². The Balaban J connectivity index is 1.92. The third-order valence-electron chi connectivity index (χ3n) is 6.56. The second kappa shape index (κ2) is 11.5. The Hall–Kier alpha value is -3.41. The van der Waals surface area contributed by atoms with Gasteiger partial charge in [-0.05, 0) is 84.7 Å². The Morgan fingerprint density at radius 1 is 0.972 bits per heavy atom. The van der Waals surface area contributed by atoms with Gasteiger partial charge in [0.1, 0.15) is 5.75 Å². The molecular formula is C31H33NO3S. The molecule has 0 unspecified atom stereocenters. The first-order chi connectivity index (χ1) is 17.4. The highest BCUT2D eigenvalue weighted by Crippen LogP contribution is 2.40. The molecule has 0 amide bonds. The van der Waals surface area contributed by atoms with Gasteiger partial charge < -0.3 is 4.74 Å². The van der Waals surface area contributed by atoms with E-state index in [1.165, 1.54) is 0 Å².